The first-order valence-electron chi connectivity index (χ1n) is 9.88. The molecule has 2 atom stereocenters. The highest BCUT2D eigenvalue weighted by Crippen LogP contribution is 2.38. The van der Waals surface area contributed by atoms with Gasteiger partial charge in [0.1, 0.15) is 0 Å². The van der Waals surface area contributed by atoms with Gasteiger partial charge in [-0.1, -0.05) is 36.4 Å². The minimum Gasteiger partial charge on any atom is -0.352 e. The van der Waals surface area contributed by atoms with Crippen molar-refractivity contribution < 1.29 is 9.59 Å². The van der Waals surface area contributed by atoms with Gasteiger partial charge in [-0.05, 0) is 30.0 Å². The normalized spacial score (nSPS) is 24.9. The number of hydrogen-bond acceptors (Lipinski definition) is 4. The minimum atomic E-state index is -0.580. The molecule has 2 fully saturated rings. The molecule has 2 amide bonds. The number of carbonyl (C=O) groups excluding carboxylic acids is 2. The Morgan fingerprint density at radius 3 is 2.82 bits per heavy atom. The molecular weight excluding hydrogens is 352 g/mol. The lowest BCUT2D eigenvalue weighted by atomic mass is 9.69. The monoisotopic (exact) mass is 378 g/mol. The third kappa shape index (κ3) is 3.92. The number of benzene rings is 1. The van der Waals surface area contributed by atoms with Crippen LogP contribution in [-0.2, 0) is 22.7 Å². The van der Waals surface area contributed by atoms with Gasteiger partial charge in [-0.3, -0.25) is 19.5 Å². The molecule has 6 nitrogen and oxygen atoms in total. The van der Waals surface area contributed by atoms with Crippen molar-refractivity contribution >= 4 is 11.8 Å². The van der Waals surface area contributed by atoms with E-state index in [9.17, 15) is 9.59 Å². The zero-order valence-electron chi connectivity index (χ0n) is 15.9. The SMILES string of the molecule is O=C1CC[C@]2(C(=O)NCc3ccccc3)CN(Cc3cccnc3)CC[C@H]2N1. The van der Waals surface area contributed by atoms with Crippen LogP contribution < -0.4 is 10.6 Å². The van der Waals surface area contributed by atoms with Gasteiger partial charge >= 0.3 is 0 Å². The molecule has 1 aromatic heterocycles. The summed E-state index contributed by atoms with van der Waals surface area (Å²) in [5.41, 5.74) is 1.63. The highest BCUT2D eigenvalue weighted by atomic mass is 16.2. The molecule has 0 spiro atoms. The van der Waals surface area contributed by atoms with Crippen LogP contribution in [0.4, 0.5) is 0 Å². The van der Waals surface area contributed by atoms with Gasteiger partial charge in [0.2, 0.25) is 11.8 Å². The zero-order valence-corrected chi connectivity index (χ0v) is 15.9. The second-order valence-corrected chi connectivity index (χ2v) is 7.81. The quantitative estimate of drug-likeness (QED) is 0.833. The first-order valence-corrected chi connectivity index (χ1v) is 9.88. The molecule has 28 heavy (non-hydrogen) atoms. The molecule has 1 aromatic carbocycles. The second-order valence-electron chi connectivity index (χ2n) is 7.81. The van der Waals surface area contributed by atoms with E-state index in [-0.39, 0.29) is 17.9 Å². The van der Waals surface area contributed by atoms with Crippen molar-refractivity contribution in [2.24, 2.45) is 5.41 Å². The number of carbonyl (C=O) groups is 2. The topological polar surface area (TPSA) is 74.3 Å². The molecule has 0 saturated carbocycles. The molecule has 0 radical (unpaired) electrons. The first kappa shape index (κ1) is 18.6. The predicted octanol–water partition coefficient (Wildman–Crippen LogP) is 1.87. The first-order chi connectivity index (χ1) is 13.7. The number of nitrogens with one attached hydrogen (secondary N) is 2. The van der Waals surface area contributed by atoms with E-state index in [0.29, 0.717) is 25.9 Å². The summed E-state index contributed by atoms with van der Waals surface area (Å²) in [5.74, 6) is 0.0921. The number of amides is 2. The van der Waals surface area contributed by atoms with Crippen LogP contribution >= 0.6 is 0 Å². The number of pyridine rings is 1. The maximum absolute atomic E-state index is 13.3. The third-order valence-electron chi connectivity index (χ3n) is 5.92. The van der Waals surface area contributed by atoms with Crippen LogP contribution in [0.15, 0.2) is 54.9 Å². The van der Waals surface area contributed by atoms with Crippen molar-refractivity contribution in [3.8, 4) is 0 Å². The van der Waals surface area contributed by atoms with Crippen LogP contribution in [0.2, 0.25) is 0 Å². The summed E-state index contributed by atoms with van der Waals surface area (Å²) in [4.78, 5) is 31.8. The summed E-state index contributed by atoms with van der Waals surface area (Å²) in [6, 6.07) is 13.8. The fraction of sp³-hybridized carbons (Fsp3) is 0.409. The highest BCUT2D eigenvalue weighted by molar-refractivity contribution is 5.88. The van der Waals surface area contributed by atoms with Gasteiger partial charge in [-0.2, -0.15) is 0 Å². The van der Waals surface area contributed by atoms with Crippen LogP contribution in [-0.4, -0.2) is 40.8 Å². The number of likely N-dealkylation sites (tertiary alicyclic amines) is 1. The molecule has 4 rings (SSSR count). The average molecular weight is 378 g/mol. The van der Waals surface area contributed by atoms with E-state index in [1.165, 1.54) is 0 Å². The van der Waals surface area contributed by atoms with E-state index in [2.05, 4.69) is 26.6 Å². The largest absolute Gasteiger partial charge is 0.352 e. The van der Waals surface area contributed by atoms with Crippen molar-refractivity contribution in [1.29, 1.82) is 0 Å². The predicted molar refractivity (Wildman–Crippen MR) is 106 cm³/mol. The van der Waals surface area contributed by atoms with E-state index in [4.69, 9.17) is 0 Å². The minimum absolute atomic E-state index is 0.0391. The average Bonchev–Trinajstić information content (AvgIpc) is 2.73. The molecule has 2 aliphatic heterocycles. The Morgan fingerprint density at radius 2 is 2.04 bits per heavy atom. The molecule has 0 bridgehead atoms. The molecule has 0 unspecified atom stereocenters. The summed E-state index contributed by atoms with van der Waals surface area (Å²) >= 11 is 0. The van der Waals surface area contributed by atoms with Gasteiger partial charge in [0, 0.05) is 51.0 Å². The van der Waals surface area contributed by atoms with E-state index >= 15 is 0 Å². The molecule has 0 aliphatic carbocycles. The van der Waals surface area contributed by atoms with E-state index in [1.54, 1.807) is 6.20 Å². The molecule has 2 aromatic rings. The maximum Gasteiger partial charge on any atom is 0.229 e. The van der Waals surface area contributed by atoms with Crippen LogP contribution in [0.3, 0.4) is 0 Å². The molecule has 2 saturated heterocycles. The lowest BCUT2D eigenvalue weighted by Crippen LogP contribution is -2.66. The number of aromatic nitrogens is 1. The molecule has 6 heteroatoms. The van der Waals surface area contributed by atoms with Gasteiger partial charge in [0.05, 0.1) is 5.41 Å². The second kappa shape index (κ2) is 8.10. The van der Waals surface area contributed by atoms with Crippen molar-refractivity contribution in [1.82, 2.24) is 20.5 Å². The van der Waals surface area contributed by atoms with Crippen molar-refractivity contribution in [2.45, 2.75) is 38.4 Å². The Bertz CT molecular complexity index is 827. The fourth-order valence-electron chi connectivity index (χ4n) is 4.43. The summed E-state index contributed by atoms with van der Waals surface area (Å²) in [7, 11) is 0. The lowest BCUT2D eigenvalue weighted by molar-refractivity contribution is -0.144. The highest BCUT2D eigenvalue weighted by Gasteiger charge is 2.51. The molecule has 146 valence electrons. The number of hydrogen-bond donors (Lipinski definition) is 2. The third-order valence-corrected chi connectivity index (χ3v) is 5.92. The van der Waals surface area contributed by atoms with Crippen LogP contribution in [0.1, 0.15) is 30.4 Å². The van der Waals surface area contributed by atoms with Crippen LogP contribution in [0.25, 0.3) is 0 Å². The standard InChI is InChI=1S/C22H26N4O2/c27-20-8-10-22(21(28)24-14-17-5-2-1-3-6-17)16-26(12-9-19(22)25-20)15-18-7-4-11-23-13-18/h1-7,11,13,19H,8-10,12,14-16H2,(H,24,28)(H,25,27)/t19-,22+/m1/s1. The zero-order chi connectivity index (χ0) is 19.4. The van der Waals surface area contributed by atoms with E-state index in [0.717, 1.165) is 30.6 Å². The fourth-order valence-corrected chi connectivity index (χ4v) is 4.43. The molecular formula is C22H26N4O2. The van der Waals surface area contributed by atoms with Crippen molar-refractivity contribution in [3.05, 3.63) is 66.0 Å². The van der Waals surface area contributed by atoms with E-state index < -0.39 is 5.41 Å². The van der Waals surface area contributed by atoms with Gasteiger partial charge < -0.3 is 10.6 Å². The summed E-state index contributed by atoms with van der Waals surface area (Å²) in [6.07, 6.45) is 5.41. The van der Waals surface area contributed by atoms with Crippen molar-refractivity contribution in [2.75, 3.05) is 13.1 Å². The Labute approximate surface area is 165 Å². The number of fused-ring (bicyclic) bond motifs is 1. The lowest BCUT2D eigenvalue weighted by Gasteiger charge is -2.49. The van der Waals surface area contributed by atoms with Crippen LogP contribution in [0, 0.1) is 5.41 Å². The van der Waals surface area contributed by atoms with E-state index in [1.807, 2.05) is 42.6 Å². The van der Waals surface area contributed by atoms with Gasteiger partial charge in [0.15, 0.2) is 0 Å². The molecule has 3 heterocycles. The Kier molecular flexibility index (Phi) is 5.39. The Morgan fingerprint density at radius 1 is 1.21 bits per heavy atom. The smallest absolute Gasteiger partial charge is 0.229 e. The number of rotatable bonds is 5. The Balaban J connectivity index is 1.50. The van der Waals surface area contributed by atoms with Gasteiger partial charge in [-0.25, -0.2) is 0 Å². The Hall–Kier alpha value is -2.73. The maximum atomic E-state index is 13.3. The van der Waals surface area contributed by atoms with Crippen LogP contribution in [0.5, 0.6) is 0 Å². The van der Waals surface area contributed by atoms with Gasteiger partial charge in [0.25, 0.3) is 0 Å². The summed E-state index contributed by atoms with van der Waals surface area (Å²) in [6.45, 7) is 2.77. The molecule has 2 N–H and O–H groups in total. The van der Waals surface area contributed by atoms with Gasteiger partial charge in [-0.15, -0.1) is 0 Å². The number of piperidine rings is 2. The van der Waals surface area contributed by atoms with Crippen molar-refractivity contribution in [3.63, 3.8) is 0 Å². The molecule has 2 aliphatic rings. The number of nitrogens with zero attached hydrogens (tertiary/aromatic N) is 2. The summed E-state index contributed by atoms with van der Waals surface area (Å²) < 4.78 is 0. The summed E-state index contributed by atoms with van der Waals surface area (Å²) in [5, 5.41) is 6.21.